The Morgan fingerprint density at radius 2 is 2.23 bits per heavy atom. The van der Waals surface area contributed by atoms with E-state index in [1.54, 1.807) is 6.08 Å². The van der Waals surface area contributed by atoms with Gasteiger partial charge in [-0.15, -0.1) is 0 Å². The van der Waals surface area contributed by atoms with Gasteiger partial charge < -0.3 is 10.1 Å². The molecule has 13 heavy (non-hydrogen) atoms. The second-order valence-electron chi connectivity index (χ2n) is 3.56. The molecule has 72 valence electrons. The van der Waals surface area contributed by atoms with Crippen LogP contribution in [0, 0.1) is 5.41 Å². The second-order valence-corrected chi connectivity index (χ2v) is 3.56. The van der Waals surface area contributed by atoms with Crippen molar-refractivity contribution < 1.29 is 14.3 Å². The zero-order valence-electron chi connectivity index (χ0n) is 7.96. The Balaban J connectivity index is 2.54. The molecule has 1 aliphatic heterocycles. The molecule has 4 nitrogen and oxygen atoms in total. The highest BCUT2D eigenvalue weighted by molar-refractivity contribution is 5.91. The first kappa shape index (κ1) is 9.77. The second kappa shape index (κ2) is 3.20. The Hall–Kier alpha value is -1.32. The average Bonchev–Trinajstić information content (AvgIpc) is 2.11. The minimum atomic E-state index is -0.412. The molecule has 1 fully saturated rings. The van der Waals surface area contributed by atoms with Gasteiger partial charge in [0.2, 0.25) is 5.91 Å². The standard InChI is InChI=1S/C9H13NO3/c1-9(2)6(10-8(9)12)4-5-7(11)13-3/h4-6H,1-3H3,(H,10,12)/b5-4+. The normalized spacial score (nSPS) is 25.2. The SMILES string of the molecule is COC(=O)/C=C/C1NC(=O)C1(C)C. The van der Waals surface area contributed by atoms with Crippen molar-refractivity contribution in [2.24, 2.45) is 5.41 Å². The minimum Gasteiger partial charge on any atom is -0.466 e. The van der Waals surface area contributed by atoms with Crippen LogP contribution in [0.3, 0.4) is 0 Å². The quantitative estimate of drug-likeness (QED) is 0.379. The maximum atomic E-state index is 11.0. The highest BCUT2D eigenvalue weighted by Crippen LogP contribution is 2.30. The van der Waals surface area contributed by atoms with Gasteiger partial charge in [0.15, 0.2) is 0 Å². The zero-order chi connectivity index (χ0) is 10.1. The lowest BCUT2D eigenvalue weighted by atomic mass is 9.76. The molecule has 0 radical (unpaired) electrons. The van der Waals surface area contributed by atoms with Crippen molar-refractivity contribution in [3.05, 3.63) is 12.2 Å². The van der Waals surface area contributed by atoms with Crippen molar-refractivity contribution in [2.75, 3.05) is 7.11 Å². The van der Waals surface area contributed by atoms with Crippen LogP contribution in [0.4, 0.5) is 0 Å². The lowest BCUT2D eigenvalue weighted by Crippen LogP contribution is -2.63. The molecule has 1 aliphatic rings. The van der Waals surface area contributed by atoms with Crippen LogP contribution in [0.25, 0.3) is 0 Å². The molecule has 4 heteroatoms. The van der Waals surface area contributed by atoms with Crippen molar-refractivity contribution in [3.8, 4) is 0 Å². The summed E-state index contributed by atoms with van der Waals surface area (Å²) in [7, 11) is 1.32. The van der Waals surface area contributed by atoms with Gasteiger partial charge >= 0.3 is 5.97 Å². The number of hydrogen-bond donors (Lipinski definition) is 1. The molecule has 0 saturated carbocycles. The molecule has 1 unspecified atom stereocenters. The smallest absolute Gasteiger partial charge is 0.330 e. The van der Waals surface area contributed by atoms with Crippen LogP contribution in [0.15, 0.2) is 12.2 Å². The van der Waals surface area contributed by atoms with E-state index in [1.165, 1.54) is 13.2 Å². The predicted octanol–water partition coefficient (Wildman–Crippen LogP) is 0.240. The summed E-state index contributed by atoms with van der Waals surface area (Å²) in [6.07, 6.45) is 2.97. The molecule has 0 aliphatic carbocycles. The Kier molecular flexibility index (Phi) is 2.40. The maximum Gasteiger partial charge on any atom is 0.330 e. The van der Waals surface area contributed by atoms with Gasteiger partial charge in [-0.2, -0.15) is 0 Å². The van der Waals surface area contributed by atoms with Gasteiger partial charge in [-0.1, -0.05) is 6.08 Å². The van der Waals surface area contributed by atoms with E-state index in [-0.39, 0.29) is 11.9 Å². The molecule has 1 heterocycles. The van der Waals surface area contributed by atoms with Crippen LogP contribution < -0.4 is 5.32 Å². The highest BCUT2D eigenvalue weighted by Gasteiger charge is 2.45. The van der Waals surface area contributed by atoms with Gasteiger partial charge in [-0.05, 0) is 13.8 Å². The Bertz CT molecular complexity index is 268. The number of hydrogen-bond acceptors (Lipinski definition) is 3. The van der Waals surface area contributed by atoms with E-state index in [0.717, 1.165) is 0 Å². The van der Waals surface area contributed by atoms with Crippen LogP contribution in [-0.2, 0) is 14.3 Å². The predicted molar refractivity (Wildman–Crippen MR) is 46.9 cm³/mol. The van der Waals surface area contributed by atoms with Crippen molar-refractivity contribution in [2.45, 2.75) is 19.9 Å². The minimum absolute atomic E-state index is 0.00650. The summed E-state index contributed by atoms with van der Waals surface area (Å²) in [6, 6.07) is -0.0703. The van der Waals surface area contributed by atoms with Gasteiger partial charge in [0.05, 0.1) is 18.6 Å². The Morgan fingerprint density at radius 3 is 2.62 bits per heavy atom. The molecule has 0 bridgehead atoms. The van der Waals surface area contributed by atoms with Crippen LogP contribution in [0.2, 0.25) is 0 Å². The first-order chi connectivity index (χ1) is 5.98. The molecule has 1 saturated heterocycles. The first-order valence-corrected chi connectivity index (χ1v) is 4.05. The zero-order valence-corrected chi connectivity index (χ0v) is 7.96. The van der Waals surface area contributed by atoms with Crippen molar-refractivity contribution in [1.29, 1.82) is 0 Å². The molecular formula is C9H13NO3. The molecule has 1 amide bonds. The number of β-lactam (4-membered cyclic amide) rings is 1. The number of carbonyl (C=O) groups excluding carboxylic acids is 2. The monoisotopic (exact) mass is 183 g/mol. The van der Waals surface area contributed by atoms with Crippen molar-refractivity contribution in [3.63, 3.8) is 0 Å². The summed E-state index contributed by atoms with van der Waals surface area (Å²) in [5, 5.41) is 2.68. The van der Waals surface area contributed by atoms with Gasteiger partial charge in [0.25, 0.3) is 0 Å². The molecule has 0 spiro atoms. The van der Waals surface area contributed by atoms with Gasteiger partial charge in [0.1, 0.15) is 0 Å². The van der Waals surface area contributed by atoms with Crippen molar-refractivity contribution >= 4 is 11.9 Å². The molecular weight excluding hydrogens is 170 g/mol. The van der Waals surface area contributed by atoms with E-state index in [1.807, 2.05) is 13.8 Å². The van der Waals surface area contributed by atoms with Crippen LogP contribution in [0.1, 0.15) is 13.8 Å². The lowest BCUT2D eigenvalue weighted by Gasteiger charge is -2.41. The summed E-state index contributed by atoms with van der Waals surface area (Å²) >= 11 is 0. The molecule has 1 rings (SSSR count). The van der Waals surface area contributed by atoms with E-state index >= 15 is 0 Å². The summed E-state index contributed by atoms with van der Waals surface area (Å²) in [4.78, 5) is 21.7. The lowest BCUT2D eigenvalue weighted by molar-refractivity contribution is -0.141. The summed E-state index contributed by atoms with van der Waals surface area (Å²) < 4.78 is 4.43. The fourth-order valence-electron chi connectivity index (χ4n) is 1.10. The van der Waals surface area contributed by atoms with Gasteiger partial charge in [0, 0.05) is 6.08 Å². The van der Waals surface area contributed by atoms with Gasteiger partial charge in [-0.3, -0.25) is 4.79 Å². The molecule has 1 atom stereocenters. The van der Waals surface area contributed by atoms with E-state index < -0.39 is 11.4 Å². The topological polar surface area (TPSA) is 55.4 Å². The summed E-state index contributed by atoms with van der Waals surface area (Å²) in [5.41, 5.74) is -0.412. The number of methoxy groups -OCH3 is 1. The molecule has 0 aromatic heterocycles. The Morgan fingerprint density at radius 1 is 1.62 bits per heavy atom. The van der Waals surface area contributed by atoms with E-state index in [4.69, 9.17) is 0 Å². The third-order valence-electron chi connectivity index (χ3n) is 2.28. The summed E-state index contributed by atoms with van der Waals surface area (Å²) in [6.45, 7) is 3.66. The van der Waals surface area contributed by atoms with Gasteiger partial charge in [-0.25, -0.2) is 4.79 Å². The number of rotatable bonds is 2. The molecule has 0 aromatic carbocycles. The summed E-state index contributed by atoms with van der Waals surface area (Å²) in [5.74, 6) is -0.399. The van der Waals surface area contributed by atoms with Crippen molar-refractivity contribution in [1.82, 2.24) is 5.32 Å². The van der Waals surface area contributed by atoms with Crippen LogP contribution in [-0.4, -0.2) is 25.0 Å². The number of carbonyl (C=O) groups is 2. The van der Waals surface area contributed by atoms with E-state index in [2.05, 4.69) is 10.1 Å². The third kappa shape index (κ3) is 1.71. The number of nitrogens with one attached hydrogen (secondary N) is 1. The Labute approximate surface area is 76.9 Å². The largest absolute Gasteiger partial charge is 0.466 e. The highest BCUT2D eigenvalue weighted by atomic mass is 16.5. The van der Waals surface area contributed by atoms with Crippen LogP contribution >= 0.6 is 0 Å². The molecule has 0 aromatic rings. The van der Waals surface area contributed by atoms with Crippen LogP contribution in [0.5, 0.6) is 0 Å². The average molecular weight is 183 g/mol. The first-order valence-electron chi connectivity index (χ1n) is 4.05. The molecule has 1 N–H and O–H groups in total. The number of amides is 1. The number of esters is 1. The number of ether oxygens (including phenoxy) is 1. The fraction of sp³-hybridized carbons (Fsp3) is 0.556. The van der Waals surface area contributed by atoms with E-state index in [9.17, 15) is 9.59 Å². The fourth-order valence-corrected chi connectivity index (χ4v) is 1.10. The third-order valence-corrected chi connectivity index (χ3v) is 2.28. The van der Waals surface area contributed by atoms with E-state index in [0.29, 0.717) is 0 Å². The maximum absolute atomic E-state index is 11.0.